The van der Waals surface area contributed by atoms with Crippen LogP contribution in [0.1, 0.15) is 20.8 Å². The quantitative estimate of drug-likeness (QED) is 0.655. The van der Waals surface area contributed by atoms with E-state index in [0.29, 0.717) is 18.0 Å². The van der Waals surface area contributed by atoms with Crippen LogP contribution in [-0.2, 0) is 4.79 Å². The first-order valence-electron chi connectivity index (χ1n) is 6.24. The zero-order valence-electron chi connectivity index (χ0n) is 11.8. The van der Waals surface area contributed by atoms with E-state index in [2.05, 4.69) is 6.58 Å². The molecule has 1 aromatic carbocycles. The summed E-state index contributed by atoms with van der Waals surface area (Å²) in [5.41, 5.74) is 6.01. The molecule has 0 aliphatic rings. The van der Waals surface area contributed by atoms with Crippen LogP contribution in [0.25, 0.3) is 0 Å². The van der Waals surface area contributed by atoms with Crippen molar-refractivity contribution in [1.82, 2.24) is 4.90 Å². The van der Waals surface area contributed by atoms with E-state index < -0.39 is 0 Å². The predicted octanol–water partition coefficient (Wildman–Crippen LogP) is 2.46. The summed E-state index contributed by atoms with van der Waals surface area (Å²) in [6, 6.07) is 7.04. The third-order valence-electron chi connectivity index (χ3n) is 2.64. The van der Waals surface area contributed by atoms with Crippen LogP contribution in [0, 0.1) is 0 Å². The van der Waals surface area contributed by atoms with E-state index in [1.807, 2.05) is 20.8 Å². The van der Waals surface area contributed by atoms with Crippen LogP contribution in [0.4, 0.5) is 5.69 Å². The summed E-state index contributed by atoms with van der Waals surface area (Å²) in [5, 5.41) is 0. The maximum atomic E-state index is 12.2. The molecule has 0 saturated carbocycles. The number of anilines is 1. The fourth-order valence-corrected chi connectivity index (χ4v) is 1.71. The lowest BCUT2D eigenvalue weighted by Crippen LogP contribution is -2.47. The summed E-state index contributed by atoms with van der Waals surface area (Å²) in [4.78, 5) is 13.9. The number of amides is 1. The van der Waals surface area contributed by atoms with Gasteiger partial charge in [-0.2, -0.15) is 0 Å². The van der Waals surface area contributed by atoms with E-state index in [1.54, 1.807) is 35.2 Å². The summed E-state index contributed by atoms with van der Waals surface area (Å²) in [6.45, 7) is 10.1. The zero-order chi connectivity index (χ0) is 14.5. The Hall–Kier alpha value is -1.97. The van der Waals surface area contributed by atoms with Crippen molar-refractivity contribution in [3.05, 3.63) is 36.9 Å². The topological polar surface area (TPSA) is 55.6 Å². The van der Waals surface area contributed by atoms with Crippen molar-refractivity contribution < 1.29 is 9.53 Å². The van der Waals surface area contributed by atoms with Crippen molar-refractivity contribution in [2.75, 3.05) is 18.9 Å². The van der Waals surface area contributed by atoms with E-state index in [-0.39, 0.29) is 18.1 Å². The van der Waals surface area contributed by atoms with Gasteiger partial charge in [-0.15, -0.1) is 6.58 Å². The third kappa shape index (κ3) is 4.66. The van der Waals surface area contributed by atoms with E-state index in [4.69, 9.17) is 10.5 Å². The van der Waals surface area contributed by atoms with Gasteiger partial charge in [0.2, 0.25) is 0 Å². The predicted molar refractivity (Wildman–Crippen MR) is 78.0 cm³/mol. The van der Waals surface area contributed by atoms with Gasteiger partial charge in [0.15, 0.2) is 6.61 Å². The van der Waals surface area contributed by atoms with Gasteiger partial charge in [0.1, 0.15) is 5.75 Å². The monoisotopic (exact) mass is 262 g/mol. The molecule has 0 bridgehead atoms. The Bertz CT molecular complexity index is 450. The number of hydrogen-bond acceptors (Lipinski definition) is 3. The van der Waals surface area contributed by atoms with E-state index in [0.717, 1.165) is 0 Å². The lowest BCUT2D eigenvalue weighted by Gasteiger charge is -2.34. The molecule has 0 spiro atoms. The molecule has 2 N–H and O–H groups in total. The Kier molecular flexibility index (Phi) is 4.98. The van der Waals surface area contributed by atoms with E-state index in [1.165, 1.54) is 0 Å². The number of carbonyl (C=O) groups is 1. The molecular formula is C15H22N2O2. The lowest BCUT2D eigenvalue weighted by atomic mass is 10.1. The van der Waals surface area contributed by atoms with Crippen molar-refractivity contribution in [1.29, 1.82) is 0 Å². The van der Waals surface area contributed by atoms with Crippen LogP contribution in [0.5, 0.6) is 5.75 Å². The molecule has 0 aliphatic heterocycles. The Morgan fingerprint density at radius 2 is 2.16 bits per heavy atom. The SMILES string of the molecule is C=CCN(C(=O)COc1cccc(N)c1)C(C)(C)C. The van der Waals surface area contributed by atoms with Crippen LogP contribution in [0.3, 0.4) is 0 Å². The van der Waals surface area contributed by atoms with Crippen molar-refractivity contribution in [2.45, 2.75) is 26.3 Å². The van der Waals surface area contributed by atoms with Crippen LogP contribution in [-0.4, -0.2) is 29.5 Å². The van der Waals surface area contributed by atoms with E-state index >= 15 is 0 Å². The van der Waals surface area contributed by atoms with Gasteiger partial charge in [0.25, 0.3) is 5.91 Å². The average molecular weight is 262 g/mol. The highest BCUT2D eigenvalue weighted by atomic mass is 16.5. The van der Waals surface area contributed by atoms with Gasteiger partial charge < -0.3 is 15.4 Å². The van der Waals surface area contributed by atoms with Crippen LogP contribution in [0.15, 0.2) is 36.9 Å². The van der Waals surface area contributed by atoms with Crippen LogP contribution >= 0.6 is 0 Å². The Balaban J connectivity index is 2.65. The molecule has 0 unspecified atom stereocenters. The summed E-state index contributed by atoms with van der Waals surface area (Å²) < 4.78 is 5.47. The number of nitrogens with zero attached hydrogens (tertiary/aromatic N) is 1. The number of rotatable bonds is 5. The maximum absolute atomic E-state index is 12.2. The molecule has 0 aromatic heterocycles. The molecule has 0 fully saturated rings. The molecule has 104 valence electrons. The molecule has 4 heteroatoms. The first-order valence-corrected chi connectivity index (χ1v) is 6.24. The number of carbonyl (C=O) groups excluding carboxylic acids is 1. The van der Waals surface area contributed by atoms with Crippen molar-refractivity contribution in [3.63, 3.8) is 0 Å². The minimum atomic E-state index is -0.260. The molecule has 0 atom stereocenters. The molecule has 0 saturated heterocycles. The second kappa shape index (κ2) is 6.27. The van der Waals surface area contributed by atoms with Crippen molar-refractivity contribution >= 4 is 11.6 Å². The first-order chi connectivity index (χ1) is 8.84. The Labute approximate surface area is 114 Å². The summed E-state index contributed by atoms with van der Waals surface area (Å²) >= 11 is 0. The average Bonchev–Trinajstić information content (AvgIpc) is 2.32. The van der Waals surface area contributed by atoms with Gasteiger partial charge in [0, 0.05) is 23.8 Å². The smallest absolute Gasteiger partial charge is 0.261 e. The molecule has 1 rings (SSSR count). The highest BCUT2D eigenvalue weighted by Gasteiger charge is 2.25. The van der Waals surface area contributed by atoms with Crippen LogP contribution in [0.2, 0.25) is 0 Å². The fourth-order valence-electron chi connectivity index (χ4n) is 1.71. The van der Waals surface area contributed by atoms with Crippen molar-refractivity contribution in [3.8, 4) is 5.75 Å². The standard InChI is InChI=1S/C15H22N2O2/c1-5-9-17(15(2,3)4)14(18)11-19-13-8-6-7-12(16)10-13/h5-8,10H,1,9,11,16H2,2-4H3. The lowest BCUT2D eigenvalue weighted by molar-refractivity contribution is -0.137. The Morgan fingerprint density at radius 3 is 2.68 bits per heavy atom. The highest BCUT2D eigenvalue weighted by Crippen LogP contribution is 2.16. The van der Waals surface area contributed by atoms with Gasteiger partial charge in [-0.25, -0.2) is 0 Å². The normalized spacial score (nSPS) is 10.9. The number of benzene rings is 1. The van der Waals surface area contributed by atoms with Gasteiger partial charge in [0.05, 0.1) is 0 Å². The molecule has 0 radical (unpaired) electrons. The summed E-state index contributed by atoms with van der Waals surface area (Å²) in [7, 11) is 0. The molecule has 1 aromatic rings. The van der Waals surface area contributed by atoms with Gasteiger partial charge in [-0.1, -0.05) is 12.1 Å². The van der Waals surface area contributed by atoms with E-state index in [9.17, 15) is 4.79 Å². The largest absolute Gasteiger partial charge is 0.484 e. The zero-order valence-corrected chi connectivity index (χ0v) is 11.8. The molecule has 4 nitrogen and oxygen atoms in total. The number of hydrogen-bond donors (Lipinski definition) is 1. The maximum Gasteiger partial charge on any atom is 0.261 e. The second-order valence-electron chi connectivity index (χ2n) is 5.33. The van der Waals surface area contributed by atoms with Gasteiger partial charge in [-0.05, 0) is 32.9 Å². The minimum absolute atomic E-state index is 0.00539. The first kappa shape index (κ1) is 15.1. The molecular weight excluding hydrogens is 240 g/mol. The second-order valence-corrected chi connectivity index (χ2v) is 5.33. The summed E-state index contributed by atoms with van der Waals surface area (Å²) in [6.07, 6.45) is 1.71. The Morgan fingerprint density at radius 1 is 1.47 bits per heavy atom. The van der Waals surface area contributed by atoms with Crippen molar-refractivity contribution in [2.24, 2.45) is 0 Å². The third-order valence-corrected chi connectivity index (χ3v) is 2.64. The molecule has 0 aliphatic carbocycles. The molecule has 0 heterocycles. The van der Waals surface area contributed by atoms with Gasteiger partial charge >= 0.3 is 0 Å². The molecule has 19 heavy (non-hydrogen) atoms. The fraction of sp³-hybridized carbons (Fsp3) is 0.400. The number of ether oxygens (including phenoxy) is 1. The number of nitrogens with two attached hydrogens (primary N) is 1. The minimum Gasteiger partial charge on any atom is -0.484 e. The van der Waals surface area contributed by atoms with Gasteiger partial charge in [-0.3, -0.25) is 4.79 Å². The highest BCUT2D eigenvalue weighted by molar-refractivity contribution is 5.78. The molecule has 1 amide bonds. The van der Waals surface area contributed by atoms with Crippen LogP contribution < -0.4 is 10.5 Å². The summed E-state index contributed by atoms with van der Waals surface area (Å²) in [5.74, 6) is 0.524. The number of nitrogen functional groups attached to an aromatic ring is 1.